The standard InChI is InChI=1S/C31H27F3N6O2/c32-31(33,34)28-17-26(40(36-28)21-11-12-27-23(16-21)29(35)37-42-27)30(41)39-24-10-4-2-7-19(24)15-25(39)22-9-3-1-8-20(22)18-38-13-5-6-14-38/h1-4,7-12,16-17,25H,5-6,13-15,18H2,(H2,35,37). The molecule has 3 aromatic carbocycles. The number of hydrogen-bond donors (Lipinski definition) is 1. The molecule has 0 bridgehead atoms. The van der Waals surface area contributed by atoms with E-state index >= 15 is 0 Å². The summed E-state index contributed by atoms with van der Waals surface area (Å²) >= 11 is 0. The van der Waals surface area contributed by atoms with Gasteiger partial charge < -0.3 is 10.3 Å². The number of nitrogens with two attached hydrogens (primary N) is 1. The van der Waals surface area contributed by atoms with E-state index in [2.05, 4.69) is 21.2 Å². The summed E-state index contributed by atoms with van der Waals surface area (Å²) in [6.07, 6.45) is -1.91. The highest BCUT2D eigenvalue weighted by molar-refractivity contribution is 6.07. The van der Waals surface area contributed by atoms with Crippen molar-refractivity contribution in [2.75, 3.05) is 23.7 Å². The molecule has 4 heterocycles. The van der Waals surface area contributed by atoms with Crippen LogP contribution in [0.4, 0.5) is 24.7 Å². The van der Waals surface area contributed by atoms with Crippen molar-refractivity contribution in [3.8, 4) is 5.69 Å². The Morgan fingerprint density at radius 2 is 1.76 bits per heavy atom. The van der Waals surface area contributed by atoms with E-state index in [1.165, 1.54) is 12.1 Å². The van der Waals surface area contributed by atoms with Crippen LogP contribution in [0.3, 0.4) is 0 Å². The van der Waals surface area contributed by atoms with Crippen LogP contribution >= 0.6 is 0 Å². The number of anilines is 2. The van der Waals surface area contributed by atoms with Crippen LogP contribution in [0.2, 0.25) is 0 Å². The Hall–Kier alpha value is -4.64. The van der Waals surface area contributed by atoms with Crippen LogP contribution in [-0.4, -0.2) is 38.8 Å². The van der Waals surface area contributed by atoms with Crippen molar-refractivity contribution in [3.63, 3.8) is 0 Å². The van der Waals surface area contributed by atoms with E-state index in [0.717, 1.165) is 59.9 Å². The van der Waals surface area contributed by atoms with Crippen molar-refractivity contribution in [2.45, 2.75) is 38.0 Å². The quantitative estimate of drug-likeness (QED) is 0.271. The van der Waals surface area contributed by atoms with Crippen LogP contribution in [-0.2, 0) is 19.1 Å². The maximum absolute atomic E-state index is 14.5. The molecule has 2 N–H and O–H groups in total. The molecule has 0 saturated carbocycles. The summed E-state index contributed by atoms with van der Waals surface area (Å²) in [7, 11) is 0. The Bertz CT molecular complexity index is 1800. The highest BCUT2D eigenvalue weighted by atomic mass is 19.4. The summed E-state index contributed by atoms with van der Waals surface area (Å²) in [5.41, 5.74) is 8.84. The summed E-state index contributed by atoms with van der Waals surface area (Å²) in [5, 5.41) is 7.99. The zero-order chi connectivity index (χ0) is 29.0. The molecule has 5 aromatic rings. The van der Waals surface area contributed by atoms with Gasteiger partial charge in [0.15, 0.2) is 17.1 Å². The van der Waals surface area contributed by atoms with Gasteiger partial charge >= 0.3 is 6.18 Å². The smallest absolute Gasteiger partial charge is 0.380 e. The van der Waals surface area contributed by atoms with Gasteiger partial charge in [0.2, 0.25) is 0 Å². The summed E-state index contributed by atoms with van der Waals surface area (Å²) in [6, 6.07) is 20.6. The Kier molecular flexibility index (Phi) is 6.27. The minimum Gasteiger partial charge on any atom is -0.380 e. The number of amides is 1. The van der Waals surface area contributed by atoms with Crippen LogP contribution < -0.4 is 10.6 Å². The normalized spacial score (nSPS) is 17.3. The molecule has 11 heteroatoms. The lowest BCUT2D eigenvalue weighted by atomic mass is 9.96. The number of hydrogen-bond acceptors (Lipinski definition) is 6. The maximum Gasteiger partial charge on any atom is 0.435 e. The van der Waals surface area contributed by atoms with E-state index < -0.39 is 23.8 Å². The number of para-hydroxylation sites is 1. The third kappa shape index (κ3) is 4.50. The second kappa shape index (κ2) is 10.0. The molecule has 7 rings (SSSR count). The molecule has 1 atom stereocenters. The molecule has 42 heavy (non-hydrogen) atoms. The van der Waals surface area contributed by atoms with Gasteiger partial charge in [0.05, 0.1) is 17.1 Å². The van der Waals surface area contributed by atoms with E-state index in [1.54, 1.807) is 11.0 Å². The highest BCUT2D eigenvalue weighted by Crippen LogP contribution is 2.43. The van der Waals surface area contributed by atoms with Crippen molar-refractivity contribution < 1.29 is 22.5 Å². The summed E-state index contributed by atoms with van der Waals surface area (Å²) in [6.45, 7) is 2.78. The Balaban J connectivity index is 1.35. The van der Waals surface area contributed by atoms with Crippen LogP contribution in [0.5, 0.6) is 0 Å². The number of carbonyl (C=O) groups excluding carboxylic acids is 1. The average molecular weight is 573 g/mol. The van der Waals surface area contributed by atoms with Crippen molar-refractivity contribution in [1.82, 2.24) is 19.8 Å². The van der Waals surface area contributed by atoms with Crippen LogP contribution in [0.1, 0.15) is 51.8 Å². The SMILES string of the molecule is Nc1noc2ccc(-n3nc(C(F)(F)F)cc3C(=O)N3c4ccccc4CC3c3ccccc3CN3CCCC3)cc12. The molecule has 1 amide bonds. The van der Waals surface area contributed by atoms with Crippen LogP contribution in [0.25, 0.3) is 16.7 Å². The molecule has 2 aromatic heterocycles. The number of nitrogen functional groups attached to an aromatic ring is 1. The van der Waals surface area contributed by atoms with E-state index in [4.69, 9.17) is 10.3 Å². The van der Waals surface area contributed by atoms with Crippen LogP contribution in [0, 0.1) is 0 Å². The number of alkyl halides is 3. The molecule has 1 fully saturated rings. The largest absolute Gasteiger partial charge is 0.435 e. The number of benzene rings is 3. The third-order valence-electron chi connectivity index (χ3n) is 8.15. The van der Waals surface area contributed by atoms with Gasteiger partial charge in [-0.3, -0.25) is 14.6 Å². The molecule has 0 radical (unpaired) electrons. The predicted octanol–water partition coefficient (Wildman–Crippen LogP) is 6.15. The molecule has 1 unspecified atom stereocenters. The van der Waals surface area contributed by atoms with E-state index in [0.29, 0.717) is 23.1 Å². The topological polar surface area (TPSA) is 93.4 Å². The number of carbonyl (C=O) groups is 1. The lowest BCUT2D eigenvalue weighted by molar-refractivity contribution is -0.141. The number of fused-ring (bicyclic) bond motifs is 2. The highest BCUT2D eigenvalue weighted by Gasteiger charge is 2.41. The van der Waals surface area contributed by atoms with Gasteiger partial charge in [0.25, 0.3) is 5.91 Å². The molecule has 8 nitrogen and oxygen atoms in total. The number of aromatic nitrogens is 3. The Labute approximate surface area is 239 Å². The van der Waals surface area contributed by atoms with Gasteiger partial charge in [-0.15, -0.1) is 0 Å². The first-order valence-corrected chi connectivity index (χ1v) is 13.8. The van der Waals surface area contributed by atoms with Gasteiger partial charge in [0.1, 0.15) is 5.69 Å². The van der Waals surface area contributed by atoms with Gasteiger partial charge in [-0.2, -0.15) is 18.3 Å². The van der Waals surface area contributed by atoms with Gasteiger partial charge in [-0.05, 0) is 73.3 Å². The third-order valence-corrected chi connectivity index (χ3v) is 8.15. The van der Waals surface area contributed by atoms with Crippen molar-refractivity contribution >= 4 is 28.4 Å². The first kappa shape index (κ1) is 26.3. The van der Waals surface area contributed by atoms with Crippen molar-refractivity contribution in [2.24, 2.45) is 0 Å². The number of likely N-dealkylation sites (tertiary alicyclic amines) is 1. The van der Waals surface area contributed by atoms with Crippen LogP contribution in [0.15, 0.2) is 77.3 Å². The lowest BCUT2D eigenvalue weighted by Crippen LogP contribution is -2.34. The molecule has 0 spiro atoms. The Morgan fingerprint density at radius 1 is 1.00 bits per heavy atom. The van der Waals surface area contributed by atoms with Gasteiger partial charge in [-0.25, -0.2) is 4.68 Å². The molecule has 1 saturated heterocycles. The van der Waals surface area contributed by atoms with Gasteiger partial charge in [0, 0.05) is 18.3 Å². The van der Waals surface area contributed by atoms with Crippen molar-refractivity contribution in [3.05, 3.63) is 101 Å². The predicted molar refractivity (Wildman–Crippen MR) is 151 cm³/mol. The monoisotopic (exact) mass is 572 g/mol. The molecule has 214 valence electrons. The second-order valence-electron chi connectivity index (χ2n) is 10.8. The fraction of sp³-hybridized carbons (Fsp3) is 0.258. The minimum absolute atomic E-state index is 0.0890. The molecule has 0 aliphatic carbocycles. The zero-order valence-corrected chi connectivity index (χ0v) is 22.5. The summed E-state index contributed by atoms with van der Waals surface area (Å²) in [4.78, 5) is 18.5. The van der Waals surface area contributed by atoms with E-state index in [-0.39, 0.29) is 17.2 Å². The summed E-state index contributed by atoms with van der Waals surface area (Å²) < 4.78 is 48.1. The molecule has 2 aliphatic heterocycles. The Morgan fingerprint density at radius 3 is 2.57 bits per heavy atom. The first-order valence-electron chi connectivity index (χ1n) is 13.8. The van der Waals surface area contributed by atoms with Gasteiger partial charge in [-0.1, -0.05) is 47.6 Å². The molecule has 2 aliphatic rings. The number of nitrogens with zero attached hydrogens (tertiary/aromatic N) is 5. The maximum atomic E-state index is 14.5. The lowest BCUT2D eigenvalue weighted by Gasteiger charge is -2.29. The van der Waals surface area contributed by atoms with E-state index in [1.807, 2.05) is 42.5 Å². The molecular formula is C31H27F3N6O2. The summed E-state index contributed by atoms with van der Waals surface area (Å²) in [5.74, 6) is -0.492. The number of rotatable bonds is 5. The first-order chi connectivity index (χ1) is 20.3. The molecular weight excluding hydrogens is 545 g/mol. The fourth-order valence-electron chi connectivity index (χ4n) is 6.14. The average Bonchev–Trinajstić information content (AvgIpc) is 3.78. The second-order valence-corrected chi connectivity index (χ2v) is 10.8. The van der Waals surface area contributed by atoms with E-state index in [9.17, 15) is 18.0 Å². The van der Waals surface area contributed by atoms with Crippen molar-refractivity contribution in [1.29, 1.82) is 0 Å². The zero-order valence-electron chi connectivity index (χ0n) is 22.5. The fourth-order valence-corrected chi connectivity index (χ4v) is 6.14. The minimum atomic E-state index is -4.76. The number of halogens is 3.